The summed E-state index contributed by atoms with van der Waals surface area (Å²) in [5.41, 5.74) is 0. The Morgan fingerprint density at radius 3 is 0.816 bits per heavy atom. The van der Waals surface area contributed by atoms with Crippen molar-refractivity contribution in [3.05, 3.63) is 12.2 Å². The van der Waals surface area contributed by atoms with Gasteiger partial charge < -0.3 is 20.3 Å². The Bertz CT molecular complexity index is 1320. The van der Waals surface area contributed by atoms with E-state index in [1.165, 1.54) is 392 Å². The number of unbranched alkanes of at least 4 members (excludes halogenated alkanes) is 64. The lowest BCUT2D eigenvalue weighted by Crippen LogP contribution is -2.45. The maximum absolute atomic E-state index is 12.6. The third-order valence-corrected chi connectivity index (χ3v) is 19.3. The van der Waals surface area contributed by atoms with Crippen molar-refractivity contribution in [1.82, 2.24) is 5.32 Å². The molecule has 518 valence electrons. The molecule has 0 aromatic rings. The SMILES string of the molecule is CCCCCCCCC/C=C\CCCCCCCC(=O)OCCCCCCCCCCCCCCCCCCCCCCCCCCCCCCCCCC(=O)NC(CO)C(O)CCCCCCCCCCCCCCCCCCCCCCCCC. The lowest BCUT2D eigenvalue weighted by atomic mass is 10.0. The van der Waals surface area contributed by atoms with Gasteiger partial charge in [-0.15, -0.1) is 0 Å². The van der Waals surface area contributed by atoms with E-state index in [0.717, 1.165) is 44.9 Å². The molecule has 0 radical (unpaired) electrons. The summed E-state index contributed by atoms with van der Waals surface area (Å²) in [6, 6.07) is -0.539. The van der Waals surface area contributed by atoms with Gasteiger partial charge in [0.15, 0.2) is 0 Å². The smallest absolute Gasteiger partial charge is 0.305 e. The summed E-state index contributed by atoms with van der Waals surface area (Å²) in [4.78, 5) is 24.7. The number of amides is 1. The van der Waals surface area contributed by atoms with Crippen LogP contribution in [0, 0.1) is 0 Å². The molecule has 3 N–H and O–H groups in total. The predicted molar refractivity (Wildman–Crippen MR) is 384 cm³/mol. The van der Waals surface area contributed by atoms with Gasteiger partial charge in [-0.25, -0.2) is 0 Å². The van der Waals surface area contributed by atoms with Crippen LogP contribution in [0.3, 0.4) is 0 Å². The summed E-state index contributed by atoms with van der Waals surface area (Å²) in [5.74, 6) is -0.00997. The highest BCUT2D eigenvalue weighted by Gasteiger charge is 2.20. The van der Waals surface area contributed by atoms with Crippen LogP contribution in [-0.2, 0) is 14.3 Å². The van der Waals surface area contributed by atoms with Gasteiger partial charge in [-0.1, -0.05) is 418 Å². The van der Waals surface area contributed by atoms with Crippen LogP contribution in [0.25, 0.3) is 0 Å². The van der Waals surface area contributed by atoms with Gasteiger partial charge in [-0.05, 0) is 51.4 Å². The van der Waals surface area contributed by atoms with Crippen LogP contribution in [0.2, 0.25) is 0 Å². The molecule has 2 atom stereocenters. The molecule has 0 spiro atoms. The second-order valence-corrected chi connectivity index (χ2v) is 28.1. The molecule has 0 saturated carbocycles. The number of ether oxygens (including phenoxy) is 1. The third-order valence-electron chi connectivity index (χ3n) is 19.3. The first kappa shape index (κ1) is 85.6. The van der Waals surface area contributed by atoms with E-state index < -0.39 is 12.1 Å². The highest BCUT2D eigenvalue weighted by Crippen LogP contribution is 2.21. The fourth-order valence-electron chi connectivity index (χ4n) is 13.2. The molecule has 0 aromatic heterocycles. The monoisotopic (exact) mass is 1230 g/mol. The zero-order valence-electron chi connectivity index (χ0n) is 59.5. The van der Waals surface area contributed by atoms with Crippen LogP contribution in [0.1, 0.15) is 470 Å². The summed E-state index contributed by atoms with van der Waals surface area (Å²) >= 11 is 0. The summed E-state index contributed by atoms with van der Waals surface area (Å²) in [7, 11) is 0. The summed E-state index contributed by atoms with van der Waals surface area (Å²) in [6.45, 7) is 5.01. The predicted octanol–water partition coefficient (Wildman–Crippen LogP) is 26.7. The minimum absolute atomic E-state index is 0.0147. The first-order chi connectivity index (χ1) is 43.0. The number of carbonyl (C=O) groups excluding carboxylic acids is 2. The van der Waals surface area contributed by atoms with Crippen LogP contribution < -0.4 is 5.32 Å². The van der Waals surface area contributed by atoms with Crippen LogP contribution in [0.15, 0.2) is 12.2 Å². The van der Waals surface area contributed by atoms with Crippen molar-refractivity contribution in [3.63, 3.8) is 0 Å². The number of aliphatic hydroxyl groups excluding tert-OH is 2. The molecule has 0 rings (SSSR count). The van der Waals surface area contributed by atoms with Crippen molar-refractivity contribution in [2.75, 3.05) is 13.2 Å². The van der Waals surface area contributed by atoms with Gasteiger partial charge >= 0.3 is 5.97 Å². The van der Waals surface area contributed by atoms with E-state index in [9.17, 15) is 19.8 Å². The van der Waals surface area contributed by atoms with E-state index in [-0.39, 0.29) is 18.5 Å². The number of rotatable bonds is 77. The molecule has 0 aromatic carbocycles. The first-order valence-corrected chi connectivity index (χ1v) is 40.4. The third kappa shape index (κ3) is 73.5. The number of carbonyl (C=O) groups is 2. The fraction of sp³-hybridized carbons (Fsp3) is 0.951. The van der Waals surface area contributed by atoms with Gasteiger partial charge in [-0.3, -0.25) is 9.59 Å². The van der Waals surface area contributed by atoms with Gasteiger partial charge in [-0.2, -0.15) is 0 Å². The average Bonchev–Trinajstić information content (AvgIpc) is 3.52. The van der Waals surface area contributed by atoms with E-state index >= 15 is 0 Å². The number of aliphatic hydroxyl groups is 2. The van der Waals surface area contributed by atoms with Gasteiger partial charge in [0, 0.05) is 12.8 Å². The molecule has 6 heteroatoms. The number of hydrogen-bond acceptors (Lipinski definition) is 5. The van der Waals surface area contributed by atoms with Gasteiger partial charge in [0.25, 0.3) is 0 Å². The van der Waals surface area contributed by atoms with Crippen molar-refractivity contribution in [2.45, 2.75) is 482 Å². The lowest BCUT2D eigenvalue weighted by Gasteiger charge is -2.22. The fourth-order valence-corrected chi connectivity index (χ4v) is 13.2. The average molecular weight is 1230 g/mol. The number of hydrogen-bond donors (Lipinski definition) is 3. The van der Waals surface area contributed by atoms with Crippen LogP contribution >= 0.6 is 0 Å². The van der Waals surface area contributed by atoms with Gasteiger partial charge in [0.2, 0.25) is 5.91 Å². The molecule has 0 fully saturated rings. The summed E-state index contributed by atoms with van der Waals surface area (Å²) in [5, 5.41) is 23.5. The van der Waals surface area contributed by atoms with E-state index in [4.69, 9.17) is 4.74 Å². The molecule has 0 aliphatic carbocycles. The largest absolute Gasteiger partial charge is 0.466 e. The van der Waals surface area contributed by atoms with Gasteiger partial charge in [0.05, 0.1) is 25.4 Å². The molecular weight excluding hydrogens is 1070 g/mol. The van der Waals surface area contributed by atoms with E-state index in [1.54, 1.807) is 0 Å². The van der Waals surface area contributed by atoms with Crippen molar-refractivity contribution >= 4 is 11.9 Å². The van der Waals surface area contributed by atoms with Crippen LogP contribution in [0.5, 0.6) is 0 Å². The quantitative estimate of drug-likeness (QED) is 0.0320. The Labute approximate surface area is 546 Å². The maximum atomic E-state index is 12.6. The summed E-state index contributed by atoms with van der Waals surface area (Å²) < 4.78 is 5.50. The maximum Gasteiger partial charge on any atom is 0.305 e. The first-order valence-electron chi connectivity index (χ1n) is 40.4. The number of esters is 1. The van der Waals surface area contributed by atoms with Crippen LogP contribution in [-0.4, -0.2) is 47.4 Å². The van der Waals surface area contributed by atoms with E-state index in [0.29, 0.717) is 25.9 Å². The van der Waals surface area contributed by atoms with E-state index in [1.807, 2.05) is 0 Å². The van der Waals surface area contributed by atoms with Crippen molar-refractivity contribution < 1.29 is 24.5 Å². The normalized spacial score (nSPS) is 12.5. The second-order valence-electron chi connectivity index (χ2n) is 28.1. The van der Waals surface area contributed by atoms with Crippen molar-refractivity contribution in [2.24, 2.45) is 0 Å². The standard InChI is InChI=1S/C81H159NO5/c1-3-5-7-9-11-13-15-17-19-21-22-23-33-36-39-42-45-49-53-57-61-65-69-73-79(84)78(77-83)82-80(85)74-70-66-62-58-54-50-46-43-40-37-34-31-29-27-25-24-26-28-30-32-35-38-41-44-48-52-56-60-64-68-72-76-87-81(86)75-71-67-63-59-55-51-47-20-18-16-14-12-10-8-6-4-2/h20,47,78-79,83-84H,3-19,21-46,48-77H2,1-2H3,(H,82,85)/b47-20-. The minimum Gasteiger partial charge on any atom is -0.466 e. The van der Waals surface area contributed by atoms with Crippen LogP contribution in [0.4, 0.5) is 0 Å². The molecule has 0 heterocycles. The highest BCUT2D eigenvalue weighted by molar-refractivity contribution is 5.76. The Kier molecular flexibility index (Phi) is 75.8. The zero-order chi connectivity index (χ0) is 62.8. The topological polar surface area (TPSA) is 95.9 Å². The molecule has 6 nitrogen and oxygen atoms in total. The molecule has 2 unspecified atom stereocenters. The number of nitrogens with one attached hydrogen (secondary N) is 1. The number of allylic oxidation sites excluding steroid dienone is 2. The molecule has 0 saturated heterocycles. The molecule has 1 amide bonds. The highest BCUT2D eigenvalue weighted by atomic mass is 16.5. The van der Waals surface area contributed by atoms with E-state index in [2.05, 4.69) is 31.3 Å². The molecule has 87 heavy (non-hydrogen) atoms. The second kappa shape index (κ2) is 77.1. The zero-order valence-corrected chi connectivity index (χ0v) is 59.5. The van der Waals surface area contributed by atoms with Gasteiger partial charge in [0.1, 0.15) is 0 Å². The van der Waals surface area contributed by atoms with Crippen molar-refractivity contribution in [3.8, 4) is 0 Å². The molecule has 0 bridgehead atoms. The lowest BCUT2D eigenvalue weighted by molar-refractivity contribution is -0.143. The van der Waals surface area contributed by atoms with Crippen molar-refractivity contribution in [1.29, 1.82) is 0 Å². The molecule has 0 aliphatic rings. The molecule has 0 aliphatic heterocycles. The minimum atomic E-state index is -0.662. The Balaban J connectivity index is 3.33. The molecular formula is C81H159NO5. The Hall–Kier alpha value is -1.40. The Morgan fingerprint density at radius 1 is 0.310 bits per heavy atom. The summed E-state index contributed by atoms with van der Waals surface area (Å²) in [6.07, 6.45) is 97.4. The Morgan fingerprint density at radius 2 is 0.540 bits per heavy atom.